The van der Waals surface area contributed by atoms with Crippen LogP contribution in [0, 0.1) is 3.57 Å². The molecule has 1 aromatic rings. The third kappa shape index (κ3) is 3.75. The highest BCUT2D eigenvalue weighted by molar-refractivity contribution is 14.1. The molecule has 0 fully saturated rings. The first-order valence-electron chi connectivity index (χ1n) is 6.65. The number of rotatable bonds is 3. The molecule has 0 aliphatic carbocycles. The summed E-state index contributed by atoms with van der Waals surface area (Å²) in [5, 5.41) is 0. The van der Waals surface area contributed by atoms with Crippen molar-refractivity contribution < 1.29 is 9.59 Å². The molecule has 1 amide bonds. The number of carbonyl (C=O) groups excluding carboxylic acids is 2. The molecule has 108 valence electrons. The van der Waals surface area contributed by atoms with E-state index < -0.39 is 5.91 Å². The van der Waals surface area contributed by atoms with E-state index in [-0.39, 0.29) is 11.4 Å². The van der Waals surface area contributed by atoms with Crippen LogP contribution in [0.3, 0.4) is 0 Å². The van der Waals surface area contributed by atoms with Crippen LogP contribution in [0.2, 0.25) is 0 Å². The highest BCUT2D eigenvalue weighted by Crippen LogP contribution is 2.21. The molecule has 0 unspecified atom stereocenters. The maximum atomic E-state index is 12.5. The lowest BCUT2D eigenvalue weighted by Crippen LogP contribution is -2.20. The van der Waals surface area contributed by atoms with Crippen LogP contribution in [0.1, 0.15) is 32.8 Å². The minimum Gasteiger partial charge on any atom is -0.289 e. The first kappa shape index (κ1) is 15.8. The van der Waals surface area contributed by atoms with E-state index in [1.165, 1.54) is 0 Å². The van der Waals surface area contributed by atoms with E-state index in [1.54, 1.807) is 19.9 Å². The van der Waals surface area contributed by atoms with Crippen molar-refractivity contribution in [3.8, 4) is 0 Å². The van der Waals surface area contributed by atoms with Gasteiger partial charge in [0.25, 0.3) is 5.91 Å². The molecular weight excluding hydrogens is 377 g/mol. The number of ketones is 1. The van der Waals surface area contributed by atoms with Crippen LogP contribution in [0.15, 0.2) is 46.0 Å². The van der Waals surface area contributed by atoms with Gasteiger partial charge in [0.2, 0.25) is 0 Å². The van der Waals surface area contributed by atoms with E-state index in [9.17, 15) is 9.59 Å². The molecule has 0 saturated carbocycles. The predicted octanol–water partition coefficient (Wildman–Crippen LogP) is 3.97. The van der Waals surface area contributed by atoms with Crippen LogP contribution < -0.4 is 0 Å². The number of hydrogen-bond acceptors (Lipinski definition) is 2. The first-order valence-corrected chi connectivity index (χ1v) is 7.73. The van der Waals surface area contributed by atoms with Gasteiger partial charge in [-0.15, -0.1) is 0 Å². The molecule has 1 aromatic carbocycles. The zero-order valence-electron chi connectivity index (χ0n) is 12.2. The summed E-state index contributed by atoms with van der Waals surface area (Å²) in [4.78, 5) is 28.4. The molecule has 0 spiro atoms. The van der Waals surface area contributed by atoms with Gasteiger partial charge in [0, 0.05) is 15.7 Å². The maximum absolute atomic E-state index is 12.5. The first-order chi connectivity index (χ1) is 9.88. The van der Waals surface area contributed by atoms with Gasteiger partial charge in [-0.3, -0.25) is 9.59 Å². The highest BCUT2D eigenvalue weighted by Gasteiger charge is 2.25. The average molecular weight is 393 g/mol. The number of amides is 1. The predicted molar refractivity (Wildman–Crippen MR) is 93.3 cm³/mol. The number of hydrogen-bond donors (Lipinski definition) is 0. The Kier molecular flexibility index (Phi) is 4.88. The number of nitrogens with zero attached hydrogens (tertiary/aromatic N) is 1. The monoisotopic (exact) mass is 393 g/mol. The molecule has 0 atom stereocenters. The second-order valence-corrected chi connectivity index (χ2v) is 6.44. The maximum Gasteiger partial charge on any atom is 0.280 e. The summed E-state index contributed by atoms with van der Waals surface area (Å²) in [7, 11) is 0. The summed E-state index contributed by atoms with van der Waals surface area (Å²) in [6, 6.07) is 7.86. The molecule has 1 aliphatic heterocycles. The van der Waals surface area contributed by atoms with Gasteiger partial charge >= 0.3 is 0 Å². The summed E-state index contributed by atoms with van der Waals surface area (Å²) < 4.78 is 1.14. The minimum absolute atomic E-state index is 0.222. The standard InChI is InChI=1S/C17H16INO2/c1-10-8-12(3)19-17(21)15(10)16(20)11(2)9-13-4-6-14(18)7-5-13/h4-7,9H,8H2,1-3H3/b11-9+. The fourth-order valence-corrected chi connectivity index (χ4v) is 2.65. The summed E-state index contributed by atoms with van der Waals surface area (Å²) in [6.07, 6.45) is 2.39. The second-order valence-electron chi connectivity index (χ2n) is 5.19. The smallest absolute Gasteiger partial charge is 0.280 e. The Labute approximate surface area is 138 Å². The van der Waals surface area contributed by atoms with Crippen molar-refractivity contribution in [2.45, 2.75) is 27.2 Å². The van der Waals surface area contributed by atoms with Crippen molar-refractivity contribution in [3.63, 3.8) is 0 Å². The molecule has 0 bridgehead atoms. The molecule has 21 heavy (non-hydrogen) atoms. The molecule has 0 saturated heterocycles. The van der Waals surface area contributed by atoms with Crippen molar-refractivity contribution in [1.29, 1.82) is 0 Å². The van der Waals surface area contributed by atoms with E-state index in [4.69, 9.17) is 0 Å². The second kappa shape index (κ2) is 6.47. The molecule has 3 nitrogen and oxygen atoms in total. The number of Topliss-reactive ketones (excluding diaryl/α,β-unsaturated/α-hetero) is 1. The normalized spacial score (nSPS) is 16.1. The van der Waals surface area contributed by atoms with E-state index >= 15 is 0 Å². The fraction of sp³-hybridized carbons (Fsp3) is 0.235. The van der Waals surface area contributed by atoms with Crippen molar-refractivity contribution in [2.75, 3.05) is 0 Å². The fourth-order valence-electron chi connectivity index (χ4n) is 2.29. The molecule has 1 heterocycles. The van der Waals surface area contributed by atoms with E-state index in [1.807, 2.05) is 31.2 Å². The number of aliphatic imine (C=N–C) groups is 1. The van der Waals surface area contributed by atoms with Crippen LogP contribution in [0.5, 0.6) is 0 Å². The van der Waals surface area contributed by atoms with E-state index in [0.29, 0.717) is 12.0 Å². The Hall–Kier alpha value is -1.56. The average Bonchev–Trinajstić information content (AvgIpc) is 2.40. The number of allylic oxidation sites excluding steroid dienone is 2. The van der Waals surface area contributed by atoms with E-state index in [2.05, 4.69) is 27.6 Å². The Bertz CT molecular complexity index is 694. The molecule has 2 rings (SSSR count). The quantitative estimate of drug-likeness (QED) is 0.443. The minimum atomic E-state index is -0.420. The zero-order chi connectivity index (χ0) is 15.6. The molecule has 0 radical (unpaired) electrons. The Morgan fingerprint density at radius 1 is 1.24 bits per heavy atom. The molecule has 4 heteroatoms. The van der Waals surface area contributed by atoms with Gasteiger partial charge in [-0.2, -0.15) is 0 Å². The summed E-state index contributed by atoms with van der Waals surface area (Å²) in [5.74, 6) is -0.649. The Morgan fingerprint density at radius 2 is 1.86 bits per heavy atom. The van der Waals surface area contributed by atoms with Crippen LogP contribution in [-0.2, 0) is 9.59 Å². The van der Waals surface area contributed by atoms with Crippen LogP contribution in [0.25, 0.3) is 6.08 Å². The lowest BCUT2D eigenvalue weighted by atomic mass is 9.93. The third-order valence-electron chi connectivity index (χ3n) is 3.29. The molecule has 0 N–H and O–H groups in total. The van der Waals surface area contributed by atoms with Crippen LogP contribution in [-0.4, -0.2) is 17.4 Å². The third-order valence-corrected chi connectivity index (χ3v) is 4.01. The highest BCUT2D eigenvalue weighted by atomic mass is 127. The van der Waals surface area contributed by atoms with Gasteiger partial charge in [0.05, 0.1) is 5.57 Å². The number of dihydropyridines is 1. The van der Waals surface area contributed by atoms with Crippen LogP contribution >= 0.6 is 22.6 Å². The van der Waals surface area contributed by atoms with Gasteiger partial charge in [0.15, 0.2) is 5.78 Å². The van der Waals surface area contributed by atoms with Crippen molar-refractivity contribution in [3.05, 3.63) is 50.1 Å². The Morgan fingerprint density at radius 3 is 2.43 bits per heavy atom. The van der Waals surface area contributed by atoms with Crippen LogP contribution in [0.4, 0.5) is 0 Å². The number of carbonyl (C=O) groups is 2. The van der Waals surface area contributed by atoms with Crippen molar-refractivity contribution >= 4 is 46.1 Å². The van der Waals surface area contributed by atoms with E-state index in [0.717, 1.165) is 20.4 Å². The summed E-state index contributed by atoms with van der Waals surface area (Å²) in [5.41, 5.74) is 3.28. The van der Waals surface area contributed by atoms with Gasteiger partial charge in [-0.05, 0) is 72.7 Å². The zero-order valence-corrected chi connectivity index (χ0v) is 14.4. The number of halogens is 1. The number of benzene rings is 1. The molecule has 0 aromatic heterocycles. The SMILES string of the molecule is CC1=NC(=O)C(C(=O)/C(C)=C/c2ccc(I)cc2)=C(C)C1. The van der Waals surface area contributed by atoms with Crippen molar-refractivity contribution in [1.82, 2.24) is 0 Å². The molecular formula is C17H16INO2. The van der Waals surface area contributed by atoms with Crippen molar-refractivity contribution in [2.24, 2.45) is 4.99 Å². The largest absolute Gasteiger partial charge is 0.289 e. The Balaban J connectivity index is 2.29. The topological polar surface area (TPSA) is 46.5 Å². The summed E-state index contributed by atoms with van der Waals surface area (Å²) >= 11 is 2.23. The van der Waals surface area contributed by atoms with Gasteiger partial charge < -0.3 is 0 Å². The van der Waals surface area contributed by atoms with Gasteiger partial charge in [0.1, 0.15) is 0 Å². The lowest BCUT2D eigenvalue weighted by Gasteiger charge is -2.14. The van der Waals surface area contributed by atoms with Gasteiger partial charge in [-0.1, -0.05) is 17.7 Å². The van der Waals surface area contributed by atoms with Gasteiger partial charge in [-0.25, -0.2) is 4.99 Å². The lowest BCUT2D eigenvalue weighted by molar-refractivity contribution is -0.119. The summed E-state index contributed by atoms with van der Waals surface area (Å²) in [6.45, 7) is 5.36. The molecule has 1 aliphatic rings.